The van der Waals surface area contributed by atoms with Gasteiger partial charge in [0.1, 0.15) is 11.6 Å². The number of benzene rings is 2. The summed E-state index contributed by atoms with van der Waals surface area (Å²) in [6.07, 6.45) is 6.27. The highest BCUT2D eigenvalue weighted by Crippen LogP contribution is 2.60. The van der Waals surface area contributed by atoms with Gasteiger partial charge in [-0.05, 0) is 79.1 Å². The average Bonchev–Trinajstić information content (AvgIpc) is 3.06. The van der Waals surface area contributed by atoms with Gasteiger partial charge in [0, 0.05) is 12.3 Å². The SMILES string of the molecule is O=C1/C(=C/c2ccc(F)cc2)CC[C@]12C[C@@H]1CCCC[C@@]1(O)O[C@H]2c1ccc(F)cc1. The van der Waals surface area contributed by atoms with Crippen LogP contribution in [0.4, 0.5) is 8.78 Å². The Morgan fingerprint density at radius 2 is 1.65 bits per heavy atom. The zero-order valence-corrected chi connectivity index (χ0v) is 17.3. The standard InChI is InChI=1S/C26H26F2O3/c27-21-8-4-17(5-9-21)15-19-12-14-25(23(19)29)16-20-3-1-2-13-26(20,30)31-24(25)18-6-10-22(28)11-7-18/h4-11,15,20,24,30H,1-3,12-14,16H2/b19-15+/t20-,24-,25-,26+/m0/s1. The quantitative estimate of drug-likeness (QED) is 0.626. The van der Waals surface area contributed by atoms with Crippen molar-refractivity contribution in [3.63, 3.8) is 0 Å². The van der Waals surface area contributed by atoms with E-state index >= 15 is 0 Å². The molecule has 2 aromatic rings. The van der Waals surface area contributed by atoms with Crippen molar-refractivity contribution in [2.75, 3.05) is 0 Å². The number of halogens is 2. The summed E-state index contributed by atoms with van der Waals surface area (Å²) in [6.45, 7) is 0. The number of allylic oxidation sites excluding steroid dienone is 1. The van der Waals surface area contributed by atoms with Gasteiger partial charge in [-0.25, -0.2) is 8.78 Å². The molecule has 162 valence electrons. The lowest BCUT2D eigenvalue weighted by Gasteiger charge is -2.53. The molecule has 5 heteroatoms. The van der Waals surface area contributed by atoms with E-state index in [9.17, 15) is 18.7 Å². The summed E-state index contributed by atoms with van der Waals surface area (Å²) in [4.78, 5) is 13.8. The highest BCUT2D eigenvalue weighted by molar-refractivity contribution is 6.06. The molecule has 0 radical (unpaired) electrons. The number of fused-ring (bicyclic) bond motifs is 1. The molecule has 3 aliphatic rings. The summed E-state index contributed by atoms with van der Waals surface area (Å²) < 4.78 is 33.2. The Bertz CT molecular complexity index is 1010. The maximum Gasteiger partial charge on any atom is 0.169 e. The fraction of sp³-hybridized carbons (Fsp3) is 0.423. The van der Waals surface area contributed by atoms with Crippen molar-refractivity contribution >= 4 is 11.9 Å². The molecule has 2 aliphatic carbocycles. The van der Waals surface area contributed by atoms with Crippen LogP contribution in [0.15, 0.2) is 54.1 Å². The highest BCUT2D eigenvalue weighted by Gasteiger charge is 2.61. The number of hydrogen-bond acceptors (Lipinski definition) is 3. The Labute approximate surface area is 180 Å². The van der Waals surface area contributed by atoms with Gasteiger partial charge in [-0.3, -0.25) is 4.79 Å². The third kappa shape index (κ3) is 3.54. The van der Waals surface area contributed by atoms with E-state index in [0.29, 0.717) is 31.3 Å². The molecular weight excluding hydrogens is 398 g/mol. The van der Waals surface area contributed by atoms with E-state index in [1.807, 2.05) is 6.08 Å². The average molecular weight is 424 g/mol. The molecule has 3 fully saturated rings. The van der Waals surface area contributed by atoms with Gasteiger partial charge in [0.25, 0.3) is 0 Å². The van der Waals surface area contributed by atoms with Crippen LogP contribution in [0.2, 0.25) is 0 Å². The molecule has 0 amide bonds. The van der Waals surface area contributed by atoms with Crippen LogP contribution in [0.3, 0.4) is 0 Å². The monoisotopic (exact) mass is 424 g/mol. The Morgan fingerprint density at radius 1 is 0.968 bits per heavy atom. The molecule has 0 unspecified atom stereocenters. The third-order valence-corrected chi connectivity index (χ3v) is 7.38. The Balaban J connectivity index is 1.54. The minimum Gasteiger partial charge on any atom is -0.365 e. The van der Waals surface area contributed by atoms with Crippen molar-refractivity contribution in [1.29, 1.82) is 0 Å². The molecule has 5 rings (SSSR count). The first kappa shape index (κ1) is 20.5. The van der Waals surface area contributed by atoms with E-state index in [-0.39, 0.29) is 23.3 Å². The number of hydrogen-bond donors (Lipinski definition) is 1. The predicted octanol–water partition coefficient (Wildman–Crippen LogP) is 5.74. The van der Waals surface area contributed by atoms with Crippen LogP contribution in [0.25, 0.3) is 6.08 Å². The molecule has 31 heavy (non-hydrogen) atoms. The van der Waals surface area contributed by atoms with Gasteiger partial charge in [-0.2, -0.15) is 0 Å². The number of Topliss-reactive ketones (excluding diaryl/α,β-unsaturated/α-hetero) is 1. The van der Waals surface area contributed by atoms with Crippen molar-refractivity contribution in [3.8, 4) is 0 Å². The van der Waals surface area contributed by atoms with E-state index in [2.05, 4.69) is 0 Å². The molecule has 1 aliphatic heterocycles. The molecule has 0 aromatic heterocycles. The van der Waals surface area contributed by atoms with Crippen LogP contribution in [-0.4, -0.2) is 16.7 Å². The van der Waals surface area contributed by atoms with Crippen LogP contribution in [0.5, 0.6) is 0 Å². The summed E-state index contributed by atoms with van der Waals surface area (Å²) >= 11 is 0. The number of rotatable bonds is 2. The highest BCUT2D eigenvalue weighted by atomic mass is 19.1. The summed E-state index contributed by atoms with van der Waals surface area (Å²) in [7, 11) is 0. The summed E-state index contributed by atoms with van der Waals surface area (Å²) in [5, 5.41) is 11.3. The van der Waals surface area contributed by atoms with Gasteiger partial charge in [0.2, 0.25) is 0 Å². The third-order valence-electron chi connectivity index (χ3n) is 7.38. The summed E-state index contributed by atoms with van der Waals surface area (Å²) in [5.74, 6) is -1.97. The van der Waals surface area contributed by atoms with Crippen LogP contribution < -0.4 is 0 Å². The van der Waals surface area contributed by atoms with Gasteiger partial charge < -0.3 is 9.84 Å². The maximum atomic E-state index is 13.8. The molecule has 4 atom stereocenters. The maximum absolute atomic E-state index is 13.8. The fourth-order valence-electron chi connectivity index (χ4n) is 5.75. The lowest BCUT2D eigenvalue weighted by molar-refractivity contribution is -0.323. The summed E-state index contributed by atoms with van der Waals surface area (Å²) in [5.41, 5.74) is 1.42. The van der Waals surface area contributed by atoms with E-state index in [4.69, 9.17) is 4.74 Å². The normalized spacial score (nSPS) is 34.3. The first-order valence-electron chi connectivity index (χ1n) is 11.1. The number of carbonyl (C=O) groups excluding carboxylic acids is 1. The first-order chi connectivity index (χ1) is 14.9. The van der Waals surface area contributed by atoms with Gasteiger partial charge in [-0.1, -0.05) is 30.7 Å². The van der Waals surface area contributed by atoms with E-state index in [1.54, 1.807) is 24.3 Å². The minimum absolute atomic E-state index is 0.0266. The first-order valence-corrected chi connectivity index (χ1v) is 11.1. The molecule has 2 saturated carbocycles. The zero-order valence-electron chi connectivity index (χ0n) is 17.3. The predicted molar refractivity (Wildman–Crippen MR) is 113 cm³/mol. The zero-order chi connectivity index (χ0) is 21.6. The molecule has 3 nitrogen and oxygen atoms in total. The van der Waals surface area contributed by atoms with Crippen molar-refractivity contribution < 1.29 is 23.4 Å². The van der Waals surface area contributed by atoms with E-state index < -0.39 is 17.3 Å². The van der Waals surface area contributed by atoms with Crippen molar-refractivity contribution in [3.05, 3.63) is 76.9 Å². The number of ether oxygens (including phenoxy) is 1. The van der Waals surface area contributed by atoms with Crippen LogP contribution in [-0.2, 0) is 9.53 Å². The fourth-order valence-corrected chi connectivity index (χ4v) is 5.75. The molecular formula is C26H26F2O3. The van der Waals surface area contributed by atoms with Gasteiger partial charge in [0.15, 0.2) is 11.6 Å². The van der Waals surface area contributed by atoms with E-state index in [0.717, 1.165) is 30.4 Å². The Kier molecular flexibility index (Phi) is 5.06. The van der Waals surface area contributed by atoms with Crippen molar-refractivity contribution in [2.45, 2.75) is 56.8 Å². The van der Waals surface area contributed by atoms with Gasteiger partial charge >= 0.3 is 0 Å². The topological polar surface area (TPSA) is 46.5 Å². The number of ketones is 1. The van der Waals surface area contributed by atoms with E-state index in [1.165, 1.54) is 24.3 Å². The number of carbonyl (C=O) groups is 1. The lowest BCUT2D eigenvalue weighted by atomic mass is 9.63. The van der Waals surface area contributed by atoms with Crippen molar-refractivity contribution in [2.24, 2.45) is 11.3 Å². The Morgan fingerprint density at radius 3 is 2.35 bits per heavy atom. The molecule has 1 heterocycles. The van der Waals surface area contributed by atoms with Gasteiger partial charge in [0.05, 0.1) is 11.5 Å². The molecule has 1 N–H and O–H groups in total. The minimum atomic E-state index is -1.24. The van der Waals surface area contributed by atoms with Crippen LogP contribution in [0.1, 0.15) is 62.2 Å². The van der Waals surface area contributed by atoms with Crippen LogP contribution >= 0.6 is 0 Å². The molecule has 0 bridgehead atoms. The second kappa shape index (κ2) is 7.64. The Hall–Kier alpha value is -2.37. The smallest absolute Gasteiger partial charge is 0.169 e. The van der Waals surface area contributed by atoms with Gasteiger partial charge in [-0.15, -0.1) is 0 Å². The largest absolute Gasteiger partial charge is 0.365 e. The summed E-state index contributed by atoms with van der Waals surface area (Å²) in [6, 6.07) is 12.1. The van der Waals surface area contributed by atoms with Crippen LogP contribution in [0, 0.1) is 23.0 Å². The molecule has 1 saturated heterocycles. The number of aliphatic hydroxyl groups is 1. The second-order valence-electron chi connectivity index (χ2n) is 9.25. The van der Waals surface area contributed by atoms with Crippen molar-refractivity contribution in [1.82, 2.24) is 0 Å². The molecule has 1 spiro atoms. The molecule has 2 aromatic carbocycles. The second-order valence-corrected chi connectivity index (χ2v) is 9.25. The lowest BCUT2D eigenvalue weighted by Crippen LogP contribution is -2.55.